The number of aromatic nitrogens is 2. The van der Waals surface area contributed by atoms with Gasteiger partial charge in [0.15, 0.2) is 0 Å². The van der Waals surface area contributed by atoms with Gasteiger partial charge in [-0.3, -0.25) is 5.32 Å². The van der Waals surface area contributed by atoms with E-state index in [4.69, 9.17) is 4.74 Å². The summed E-state index contributed by atoms with van der Waals surface area (Å²) in [5, 5.41) is 2.01. The smallest absolute Gasteiger partial charge is 0.410 e. The molecule has 1 aromatic carbocycles. The molecule has 0 aliphatic heterocycles. The maximum atomic E-state index is 12.7. The second-order valence-corrected chi connectivity index (χ2v) is 3.16. The zero-order valence-electron chi connectivity index (χ0n) is 8.93. The van der Waals surface area contributed by atoms with Crippen LogP contribution in [0.25, 0.3) is 0 Å². The van der Waals surface area contributed by atoms with Gasteiger partial charge in [0.2, 0.25) is 17.8 Å². The number of amides is 1. The van der Waals surface area contributed by atoms with E-state index in [9.17, 15) is 13.6 Å². The van der Waals surface area contributed by atoms with Crippen LogP contribution in [0.2, 0.25) is 0 Å². The molecule has 0 unspecified atom stereocenters. The van der Waals surface area contributed by atoms with E-state index in [1.54, 1.807) is 30.3 Å². The summed E-state index contributed by atoms with van der Waals surface area (Å²) in [6.45, 7) is 0. The first-order valence-corrected chi connectivity index (χ1v) is 4.87. The highest BCUT2D eigenvalue weighted by atomic mass is 19.1. The monoisotopic (exact) mass is 251 g/mol. The Morgan fingerprint density at radius 3 is 2.33 bits per heavy atom. The van der Waals surface area contributed by atoms with Gasteiger partial charge in [0.05, 0.1) is 0 Å². The lowest BCUT2D eigenvalue weighted by Gasteiger charge is -2.04. The van der Waals surface area contributed by atoms with Crippen molar-refractivity contribution in [2.75, 3.05) is 5.32 Å². The predicted molar refractivity (Wildman–Crippen MR) is 58.0 cm³/mol. The Bertz CT molecular complexity index is 543. The number of ether oxygens (including phenoxy) is 1. The van der Waals surface area contributed by atoms with Crippen LogP contribution in [0.4, 0.5) is 19.5 Å². The molecule has 0 saturated carbocycles. The topological polar surface area (TPSA) is 64.1 Å². The minimum Gasteiger partial charge on any atom is -0.410 e. The Morgan fingerprint density at radius 2 is 1.72 bits per heavy atom. The summed E-state index contributed by atoms with van der Waals surface area (Å²) in [6.07, 6.45) is -0.939. The summed E-state index contributed by atoms with van der Waals surface area (Å²) in [6, 6.07) is 8.67. The number of rotatable bonds is 2. The number of hydrogen-bond acceptors (Lipinski definition) is 4. The van der Waals surface area contributed by atoms with Crippen molar-refractivity contribution in [1.82, 2.24) is 9.97 Å². The Balaban J connectivity index is 2.03. The quantitative estimate of drug-likeness (QED) is 0.832. The number of carbonyl (C=O) groups excluding carboxylic acids is 1. The fourth-order valence-corrected chi connectivity index (χ4v) is 1.16. The molecule has 0 radical (unpaired) electrons. The van der Waals surface area contributed by atoms with Gasteiger partial charge in [0.25, 0.3) is 0 Å². The van der Waals surface area contributed by atoms with Gasteiger partial charge in [-0.25, -0.2) is 4.79 Å². The third kappa shape index (κ3) is 3.21. The lowest BCUT2D eigenvalue weighted by atomic mass is 10.3. The van der Waals surface area contributed by atoms with Crippen molar-refractivity contribution in [3.05, 3.63) is 48.3 Å². The van der Waals surface area contributed by atoms with E-state index in [1.807, 2.05) is 5.32 Å². The maximum Gasteiger partial charge on any atom is 0.419 e. The summed E-state index contributed by atoms with van der Waals surface area (Å²) in [7, 11) is 0. The van der Waals surface area contributed by atoms with E-state index < -0.39 is 23.9 Å². The van der Waals surface area contributed by atoms with Crippen LogP contribution in [0.3, 0.4) is 0 Å². The molecule has 0 aliphatic carbocycles. The second kappa shape index (κ2) is 5.17. The van der Waals surface area contributed by atoms with E-state index in [0.29, 0.717) is 6.07 Å². The van der Waals surface area contributed by atoms with Gasteiger partial charge >= 0.3 is 6.09 Å². The molecule has 0 fully saturated rings. The number of para-hydroxylation sites is 1. The highest BCUT2D eigenvalue weighted by Gasteiger charge is 2.09. The molecule has 5 nitrogen and oxygen atoms in total. The molecule has 1 heterocycles. The van der Waals surface area contributed by atoms with E-state index in [1.165, 1.54) is 0 Å². The maximum absolute atomic E-state index is 12.7. The van der Waals surface area contributed by atoms with E-state index in [-0.39, 0.29) is 5.75 Å². The predicted octanol–water partition coefficient (Wildman–Crippen LogP) is 2.37. The minimum atomic E-state index is -1.09. The van der Waals surface area contributed by atoms with Crippen molar-refractivity contribution >= 4 is 12.0 Å². The fourth-order valence-electron chi connectivity index (χ4n) is 1.16. The van der Waals surface area contributed by atoms with Gasteiger partial charge < -0.3 is 4.74 Å². The molecule has 2 aromatic rings. The summed E-state index contributed by atoms with van der Waals surface area (Å²) in [5.74, 6) is -2.39. The van der Waals surface area contributed by atoms with Crippen LogP contribution >= 0.6 is 0 Å². The normalized spacial score (nSPS) is 9.89. The molecule has 18 heavy (non-hydrogen) atoms. The highest BCUT2D eigenvalue weighted by Crippen LogP contribution is 2.10. The molecule has 0 atom stereocenters. The second-order valence-electron chi connectivity index (χ2n) is 3.16. The van der Waals surface area contributed by atoms with Crippen LogP contribution in [0.15, 0.2) is 36.4 Å². The summed E-state index contributed by atoms with van der Waals surface area (Å²) in [4.78, 5) is 17.7. The zero-order valence-corrected chi connectivity index (χ0v) is 8.93. The Labute approximate surface area is 100 Å². The summed E-state index contributed by atoms with van der Waals surface area (Å²) < 4.78 is 30.3. The van der Waals surface area contributed by atoms with Gasteiger partial charge in [-0.2, -0.15) is 18.7 Å². The standard InChI is InChI=1S/C11H7F2N3O2/c12-8-6-9(13)15-10(14-8)16-11(17)18-7-4-2-1-3-5-7/h1-6H,(H,14,15,16,17). The molecular formula is C11H7F2N3O2. The van der Waals surface area contributed by atoms with Gasteiger partial charge in [-0.05, 0) is 12.1 Å². The summed E-state index contributed by atoms with van der Waals surface area (Å²) >= 11 is 0. The molecule has 0 spiro atoms. The Hall–Kier alpha value is -2.57. The largest absolute Gasteiger partial charge is 0.419 e. The van der Waals surface area contributed by atoms with E-state index in [0.717, 1.165) is 0 Å². The number of nitrogens with zero attached hydrogens (tertiary/aromatic N) is 2. The van der Waals surface area contributed by atoms with E-state index in [2.05, 4.69) is 9.97 Å². The molecule has 0 bridgehead atoms. The van der Waals surface area contributed by atoms with Crippen molar-refractivity contribution in [1.29, 1.82) is 0 Å². The van der Waals surface area contributed by atoms with Gasteiger partial charge in [-0.1, -0.05) is 18.2 Å². The van der Waals surface area contributed by atoms with Gasteiger partial charge in [0, 0.05) is 6.07 Å². The molecular weight excluding hydrogens is 244 g/mol. The zero-order chi connectivity index (χ0) is 13.0. The summed E-state index contributed by atoms with van der Waals surface area (Å²) in [5.41, 5.74) is 0. The molecule has 0 saturated heterocycles. The lowest BCUT2D eigenvalue weighted by Crippen LogP contribution is -2.19. The molecule has 0 aliphatic rings. The van der Waals surface area contributed by atoms with Crippen molar-refractivity contribution in [3.63, 3.8) is 0 Å². The lowest BCUT2D eigenvalue weighted by molar-refractivity contribution is 0.215. The first kappa shape index (κ1) is 11.9. The third-order valence-electron chi connectivity index (χ3n) is 1.83. The number of nitrogens with one attached hydrogen (secondary N) is 1. The number of halogens is 2. The number of carbonyl (C=O) groups is 1. The van der Waals surface area contributed by atoms with Crippen LogP contribution in [0.1, 0.15) is 0 Å². The highest BCUT2D eigenvalue weighted by molar-refractivity contribution is 5.84. The average molecular weight is 251 g/mol. The van der Waals surface area contributed by atoms with Crippen LogP contribution in [0.5, 0.6) is 5.75 Å². The van der Waals surface area contributed by atoms with E-state index >= 15 is 0 Å². The molecule has 1 N–H and O–H groups in total. The molecule has 1 aromatic heterocycles. The van der Waals surface area contributed by atoms with Crippen LogP contribution in [-0.4, -0.2) is 16.1 Å². The number of benzene rings is 1. The molecule has 1 amide bonds. The average Bonchev–Trinajstić information content (AvgIpc) is 2.28. The van der Waals surface area contributed by atoms with Crippen LogP contribution < -0.4 is 10.1 Å². The van der Waals surface area contributed by atoms with Crippen molar-refractivity contribution in [2.24, 2.45) is 0 Å². The third-order valence-corrected chi connectivity index (χ3v) is 1.83. The number of anilines is 1. The Morgan fingerprint density at radius 1 is 1.11 bits per heavy atom. The minimum absolute atomic E-state index is 0.284. The van der Waals surface area contributed by atoms with Crippen molar-refractivity contribution in [3.8, 4) is 5.75 Å². The first-order chi connectivity index (χ1) is 8.63. The first-order valence-electron chi connectivity index (χ1n) is 4.87. The number of hydrogen-bond donors (Lipinski definition) is 1. The fraction of sp³-hybridized carbons (Fsp3) is 0. The Kier molecular flexibility index (Phi) is 3.42. The molecule has 7 heteroatoms. The SMILES string of the molecule is O=C(Nc1nc(F)cc(F)n1)Oc1ccccc1. The van der Waals surface area contributed by atoms with Crippen molar-refractivity contribution in [2.45, 2.75) is 0 Å². The van der Waals surface area contributed by atoms with Crippen molar-refractivity contribution < 1.29 is 18.3 Å². The van der Waals surface area contributed by atoms with Crippen LogP contribution in [-0.2, 0) is 0 Å². The molecule has 2 rings (SSSR count). The van der Waals surface area contributed by atoms with Crippen LogP contribution in [0, 0.1) is 11.9 Å². The van der Waals surface area contributed by atoms with Gasteiger partial charge in [-0.15, -0.1) is 0 Å². The van der Waals surface area contributed by atoms with Gasteiger partial charge in [0.1, 0.15) is 5.75 Å². The molecule has 92 valence electrons.